The maximum absolute atomic E-state index is 5.42. The number of nitrogens with zero attached hydrogens (tertiary/aromatic N) is 2. The molecule has 0 unspecified atom stereocenters. The van der Waals surface area contributed by atoms with E-state index in [2.05, 4.69) is 32.0 Å². The van der Waals surface area contributed by atoms with Gasteiger partial charge in [-0.3, -0.25) is 0 Å². The van der Waals surface area contributed by atoms with Gasteiger partial charge in [-0.05, 0) is 28.1 Å². The van der Waals surface area contributed by atoms with Gasteiger partial charge in [0, 0.05) is 32.6 Å². The van der Waals surface area contributed by atoms with Crippen LogP contribution < -0.4 is 0 Å². The van der Waals surface area contributed by atoms with Crippen LogP contribution in [0.1, 0.15) is 11.3 Å². The maximum Gasteiger partial charge on any atom is 0.159 e. The number of H-pyrrole nitrogens is 1. The molecule has 0 saturated carbocycles. The first-order chi connectivity index (χ1) is 10.2. The monoisotopic (exact) mass is 375 g/mol. The number of hydrogen-bond donors (Lipinski definition) is 1. The van der Waals surface area contributed by atoms with Gasteiger partial charge < -0.3 is 4.98 Å². The Morgan fingerprint density at radius 3 is 2.95 bits per heavy atom. The number of benzene rings is 1. The summed E-state index contributed by atoms with van der Waals surface area (Å²) in [7, 11) is 0. The predicted molar refractivity (Wildman–Crippen MR) is 92.9 cm³/mol. The molecule has 4 rings (SSSR count). The van der Waals surface area contributed by atoms with E-state index in [1.165, 1.54) is 5.69 Å². The summed E-state index contributed by atoms with van der Waals surface area (Å²) >= 11 is 10.9. The molecule has 21 heavy (non-hydrogen) atoms. The van der Waals surface area contributed by atoms with Gasteiger partial charge in [0.2, 0.25) is 0 Å². The normalized spacial score (nSPS) is 13.6. The van der Waals surface area contributed by atoms with E-state index in [0.717, 1.165) is 44.0 Å². The van der Waals surface area contributed by atoms with Crippen LogP contribution in [0, 0.1) is 4.64 Å². The number of fused-ring (bicyclic) bond motifs is 2. The fourth-order valence-corrected chi connectivity index (χ4v) is 4.41. The lowest BCUT2D eigenvalue weighted by Gasteiger charge is -2.08. The van der Waals surface area contributed by atoms with Gasteiger partial charge in [0.25, 0.3) is 0 Å². The van der Waals surface area contributed by atoms with Gasteiger partial charge in [-0.25, -0.2) is 9.97 Å². The number of aromatic amines is 1. The fourth-order valence-electron chi connectivity index (χ4n) is 2.44. The van der Waals surface area contributed by atoms with E-state index in [9.17, 15) is 0 Å². The van der Waals surface area contributed by atoms with Crippen LogP contribution in [0.15, 0.2) is 34.8 Å². The standard InChI is InChI=1S/C15H10BrN3S2/c16-10-5-8-3-1-2-4-11(8)17-13(10)14-18-12-7-21-6-9(12)15(20)19-14/h1-5H,6-7H2,(H,18,19,20). The van der Waals surface area contributed by atoms with Crippen LogP contribution in [0.25, 0.3) is 22.4 Å². The molecule has 104 valence electrons. The van der Waals surface area contributed by atoms with Gasteiger partial charge in [-0.2, -0.15) is 11.8 Å². The third-order valence-corrected chi connectivity index (χ3v) is 5.43. The average Bonchev–Trinajstić information content (AvgIpc) is 2.95. The van der Waals surface area contributed by atoms with Gasteiger partial charge in [-0.15, -0.1) is 0 Å². The Morgan fingerprint density at radius 2 is 2.05 bits per heavy atom. The van der Waals surface area contributed by atoms with Crippen LogP contribution in [0.3, 0.4) is 0 Å². The molecule has 0 amide bonds. The van der Waals surface area contributed by atoms with E-state index in [1.807, 2.05) is 36.0 Å². The third-order valence-electron chi connectivity index (χ3n) is 3.50. The van der Waals surface area contributed by atoms with Crippen molar-refractivity contribution in [2.75, 3.05) is 0 Å². The number of thioether (sulfide) groups is 1. The molecular weight excluding hydrogens is 366 g/mol. The van der Waals surface area contributed by atoms with E-state index >= 15 is 0 Å². The van der Waals surface area contributed by atoms with E-state index < -0.39 is 0 Å². The van der Waals surface area contributed by atoms with Crippen molar-refractivity contribution in [3.05, 3.63) is 50.7 Å². The van der Waals surface area contributed by atoms with Crippen molar-refractivity contribution in [1.82, 2.24) is 15.0 Å². The van der Waals surface area contributed by atoms with Crippen molar-refractivity contribution < 1.29 is 0 Å². The highest BCUT2D eigenvalue weighted by Gasteiger charge is 2.17. The molecule has 0 radical (unpaired) electrons. The van der Waals surface area contributed by atoms with Crippen molar-refractivity contribution in [1.29, 1.82) is 0 Å². The molecular formula is C15H10BrN3S2. The molecule has 3 heterocycles. The molecule has 3 nitrogen and oxygen atoms in total. The first-order valence-corrected chi connectivity index (χ1v) is 8.83. The molecule has 0 spiro atoms. The molecule has 1 aliphatic heterocycles. The summed E-state index contributed by atoms with van der Waals surface area (Å²) in [5.74, 6) is 2.64. The summed E-state index contributed by atoms with van der Waals surface area (Å²) in [5.41, 5.74) is 4.10. The van der Waals surface area contributed by atoms with E-state index in [-0.39, 0.29) is 0 Å². The lowest BCUT2D eigenvalue weighted by molar-refractivity contribution is 1.05. The summed E-state index contributed by atoms with van der Waals surface area (Å²) < 4.78 is 1.61. The lowest BCUT2D eigenvalue weighted by atomic mass is 10.2. The van der Waals surface area contributed by atoms with Gasteiger partial charge in [0.15, 0.2) is 5.82 Å². The maximum atomic E-state index is 5.42. The first-order valence-electron chi connectivity index (χ1n) is 6.48. The highest BCUT2D eigenvalue weighted by Crippen LogP contribution is 2.32. The highest BCUT2D eigenvalue weighted by molar-refractivity contribution is 9.10. The summed E-state index contributed by atoms with van der Waals surface area (Å²) in [5, 5.41) is 1.10. The number of para-hydroxylation sites is 1. The molecule has 0 bridgehead atoms. The Labute approximate surface area is 139 Å². The molecule has 0 aliphatic carbocycles. The molecule has 0 saturated heterocycles. The summed E-state index contributed by atoms with van der Waals surface area (Å²) in [4.78, 5) is 12.7. The minimum absolute atomic E-state index is 0.686. The quantitative estimate of drug-likeness (QED) is 0.616. The largest absolute Gasteiger partial charge is 0.341 e. The SMILES string of the molecule is S=c1nc(-c2nc3ccccc3cc2Br)[nH]c2c1CSC2. The van der Waals surface area contributed by atoms with Crippen LogP contribution in [-0.4, -0.2) is 15.0 Å². The number of hydrogen-bond acceptors (Lipinski definition) is 4. The second-order valence-corrected chi connectivity index (χ2v) is 7.08. The summed E-state index contributed by atoms with van der Waals surface area (Å²) in [6, 6.07) is 10.1. The summed E-state index contributed by atoms with van der Waals surface area (Å²) in [6.07, 6.45) is 0. The van der Waals surface area contributed by atoms with Crippen molar-refractivity contribution >= 4 is 50.8 Å². The molecule has 2 aromatic heterocycles. The Balaban J connectivity index is 1.96. The molecule has 6 heteroatoms. The molecule has 0 fully saturated rings. The number of nitrogens with one attached hydrogen (secondary N) is 1. The van der Waals surface area contributed by atoms with Crippen LogP contribution in [0.4, 0.5) is 0 Å². The molecule has 1 aromatic carbocycles. The molecule has 3 aromatic rings. The lowest BCUT2D eigenvalue weighted by Crippen LogP contribution is -1.99. The minimum Gasteiger partial charge on any atom is -0.341 e. The summed E-state index contributed by atoms with van der Waals surface area (Å²) in [6.45, 7) is 0. The number of pyridine rings is 1. The van der Waals surface area contributed by atoms with Crippen LogP contribution in [0.5, 0.6) is 0 Å². The number of halogens is 1. The number of rotatable bonds is 1. The number of aromatic nitrogens is 3. The zero-order valence-corrected chi connectivity index (χ0v) is 14.1. The highest BCUT2D eigenvalue weighted by atomic mass is 79.9. The molecule has 1 aliphatic rings. The second-order valence-electron chi connectivity index (χ2n) is 4.85. The Kier molecular flexibility index (Phi) is 3.32. The van der Waals surface area contributed by atoms with Gasteiger partial charge in [0.05, 0.1) is 5.52 Å². The van der Waals surface area contributed by atoms with Crippen molar-refractivity contribution in [2.24, 2.45) is 0 Å². The molecule has 0 atom stereocenters. The van der Waals surface area contributed by atoms with E-state index in [4.69, 9.17) is 17.2 Å². The van der Waals surface area contributed by atoms with E-state index in [0.29, 0.717) is 4.64 Å². The van der Waals surface area contributed by atoms with Crippen LogP contribution in [0.2, 0.25) is 0 Å². The van der Waals surface area contributed by atoms with Crippen LogP contribution >= 0.6 is 39.9 Å². The zero-order chi connectivity index (χ0) is 14.4. The third kappa shape index (κ3) is 2.31. The van der Waals surface area contributed by atoms with Gasteiger partial charge in [0.1, 0.15) is 10.3 Å². The smallest absolute Gasteiger partial charge is 0.159 e. The Morgan fingerprint density at radius 1 is 1.19 bits per heavy atom. The Bertz CT molecular complexity index is 920. The van der Waals surface area contributed by atoms with Gasteiger partial charge >= 0.3 is 0 Å². The molecule has 1 N–H and O–H groups in total. The topological polar surface area (TPSA) is 41.6 Å². The first kappa shape index (κ1) is 13.4. The predicted octanol–water partition coefficient (Wildman–Crippen LogP) is 4.86. The van der Waals surface area contributed by atoms with E-state index in [1.54, 1.807) is 0 Å². The van der Waals surface area contributed by atoms with Crippen molar-refractivity contribution in [3.8, 4) is 11.5 Å². The van der Waals surface area contributed by atoms with Crippen molar-refractivity contribution in [2.45, 2.75) is 11.5 Å². The Hall–Kier alpha value is -1.24. The van der Waals surface area contributed by atoms with Gasteiger partial charge in [-0.1, -0.05) is 30.4 Å². The second kappa shape index (κ2) is 5.19. The fraction of sp³-hybridized carbons (Fsp3) is 0.133. The van der Waals surface area contributed by atoms with Crippen molar-refractivity contribution in [3.63, 3.8) is 0 Å². The minimum atomic E-state index is 0.686. The zero-order valence-electron chi connectivity index (χ0n) is 10.9. The van der Waals surface area contributed by atoms with Crippen LogP contribution in [-0.2, 0) is 11.5 Å². The average molecular weight is 376 g/mol.